The molecule has 45 heavy (non-hydrogen) atoms. The van der Waals surface area contributed by atoms with Crippen LogP contribution >= 0.6 is 55.8 Å². The van der Waals surface area contributed by atoms with Crippen LogP contribution in [0, 0.1) is 5.82 Å². The molecule has 3 rings (SSSR count). The number of benzene rings is 2. The summed E-state index contributed by atoms with van der Waals surface area (Å²) in [7, 11) is 3.05. The van der Waals surface area contributed by atoms with Crippen LogP contribution in [0.1, 0.15) is 56.1 Å². The third-order valence-electron chi connectivity index (χ3n) is 4.32. The zero-order valence-corrected chi connectivity index (χ0v) is 37.5. The van der Waals surface area contributed by atoms with Gasteiger partial charge in [-0.3, -0.25) is 14.4 Å². The van der Waals surface area contributed by atoms with Gasteiger partial charge in [0, 0.05) is 10.8 Å². The van der Waals surface area contributed by atoms with E-state index < -0.39 is 11.4 Å². The fourth-order valence-corrected chi connectivity index (χ4v) is 4.79. The first-order valence-electron chi connectivity index (χ1n) is 12.1. The van der Waals surface area contributed by atoms with E-state index >= 15 is 0 Å². The molecule has 0 fully saturated rings. The van der Waals surface area contributed by atoms with Gasteiger partial charge >= 0.3 is 115 Å². The summed E-state index contributed by atoms with van der Waals surface area (Å²) in [6.45, 7) is 9.01. The smallest absolute Gasteiger partial charge is 1.00 e. The fraction of sp³-hybridized carbons (Fsp3) is 0.357. The molecule has 17 heteroatoms. The number of carbonyl (C=O) groups is 4. The molecule has 1 heterocycles. The van der Waals surface area contributed by atoms with Crippen LogP contribution < -0.4 is 118 Å². The summed E-state index contributed by atoms with van der Waals surface area (Å²) in [5.41, 5.74) is -0.464. The molecule has 0 radical (unpaired) electrons. The van der Waals surface area contributed by atoms with Crippen LogP contribution in [0.5, 0.6) is 11.5 Å². The van der Waals surface area contributed by atoms with Crippen LogP contribution in [0.3, 0.4) is 0 Å². The van der Waals surface area contributed by atoms with Gasteiger partial charge in [-0.25, -0.2) is 9.18 Å². The van der Waals surface area contributed by atoms with Crippen LogP contribution in [-0.2, 0) is 24.0 Å². The van der Waals surface area contributed by atoms with Gasteiger partial charge < -0.3 is 30.5 Å². The number of ether oxygens (including phenoxy) is 4. The molecular weight excluding hydrogens is 817 g/mol. The molecule has 0 saturated heterocycles. The summed E-state index contributed by atoms with van der Waals surface area (Å²) in [6.07, 6.45) is 0.439. The summed E-state index contributed by atoms with van der Waals surface area (Å²) < 4.78 is 35.4. The van der Waals surface area contributed by atoms with Crippen molar-refractivity contribution in [2.24, 2.45) is 0 Å². The third kappa shape index (κ3) is 20.6. The minimum atomic E-state index is -0.579. The Morgan fingerprint density at radius 1 is 1.02 bits per heavy atom. The van der Waals surface area contributed by atoms with Gasteiger partial charge in [0.25, 0.3) is 6.47 Å². The Morgan fingerprint density at radius 2 is 1.53 bits per heavy atom. The van der Waals surface area contributed by atoms with Crippen LogP contribution in [-0.4, -0.2) is 56.4 Å². The molecule has 2 aromatic carbocycles. The van der Waals surface area contributed by atoms with Crippen molar-refractivity contribution in [3.05, 3.63) is 55.5 Å². The Balaban J connectivity index is -0.000000283. The molecule has 0 spiro atoms. The predicted molar refractivity (Wildman–Crippen MR) is 171 cm³/mol. The maximum absolute atomic E-state index is 12.9. The number of carbonyl (C=O) groups excluding carboxylic acids is 4. The molecular formula is C28H33Br2FK2O10S2. The van der Waals surface area contributed by atoms with E-state index in [1.54, 1.807) is 21.0 Å². The topological polar surface area (TPSA) is 137 Å². The zero-order chi connectivity index (χ0) is 33.3. The molecule has 0 aliphatic carbocycles. The number of hydrogen-bond acceptors (Lipinski definition) is 12. The van der Waals surface area contributed by atoms with Gasteiger partial charge in [0.1, 0.15) is 27.8 Å². The second-order valence-corrected chi connectivity index (χ2v) is 12.3. The van der Waals surface area contributed by atoms with Crippen molar-refractivity contribution >= 4 is 90.6 Å². The van der Waals surface area contributed by atoms with Gasteiger partial charge in [0.2, 0.25) is 0 Å². The van der Waals surface area contributed by atoms with E-state index in [1.165, 1.54) is 24.5 Å². The molecule has 0 amide bonds. The summed E-state index contributed by atoms with van der Waals surface area (Å²) in [4.78, 5) is 44.5. The molecule has 10 nitrogen and oxygen atoms in total. The molecule has 0 N–H and O–H groups in total. The Morgan fingerprint density at radius 3 is 1.93 bits per heavy atom. The number of fused-ring (bicyclic) bond motifs is 1. The van der Waals surface area contributed by atoms with Crippen molar-refractivity contribution in [1.29, 1.82) is 0 Å². The fourth-order valence-electron chi connectivity index (χ4n) is 2.72. The third-order valence-corrected chi connectivity index (χ3v) is 6.90. The van der Waals surface area contributed by atoms with Crippen molar-refractivity contribution in [2.45, 2.75) is 46.3 Å². The SMILES string of the molecule is CC(C)OC(=O)CS.COc1cc(F)c(C=O)cc1Br.COc1cc2sc(C(=O)OC(C)(C)C)cc2cc1Br.O=CO[O-].[H-].[K+].[K+]. The van der Waals surface area contributed by atoms with Crippen LogP contribution in [0.15, 0.2) is 39.3 Å². The number of thiophene rings is 1. The molecule has 0 unspecified atom stereocenters. The van der Waals surface area contributed by atoms with E-state index in [0.717, 1.165) is 26.4 Å². The minimum Gasteiger partial charge on any atom is -1.00 e. The molecule has 0 saturated carbocycles. The van der Waals surface area contributed by atoms with Gasteiger partial charge in [-0.15, -0.1) is 11.3 Å². The van der Waals surface area contributed by atoms with Gasteiger partial charge in [0.05, 0.1) is 40.6 Å². The van der Waals surface area contributed by atoms with E-state index in [1.807, 2.05) is 39.0 Å². The quantitative estimate of drug-likeness (QED) is 0.0893. The van der Waals surface area contributed by atoms with Crippen molar-refractivity contribution in [1.82, 2.24) is 0 Å². The van der Waals surface area contributed by atoms with Crippen molar-refractivity contribution in [3.8, 4) is 11.5 Å². The van der Waals surface area contributed by atoms with E-state index in [4.69, 9.17) is 24.3 Å². The Hall–Kier alpha value is 0.553. The van der Waals surface area contributed by atoms with E-state index in [9.17, 15) is 18.8 Å². The number of aldehydes is 1. The largest absolute Gasteiger partial charge is 1.00 e. The minimum absolute atomic E-state index is 0. The van der Waals surface area contributed by atoms with Crippen LogP contribution in [0.25, 0.3) is 10.1 Å². The maximum Gasteiger partial charge on any atom is 1.00 e. The molecule has 3 aromatic rings. The van der Waals surface area contributed by atoms with Gasteiger partial charge in [0.15, 0.2) is 6.29 Å². The first-order valence-corrected chi connectivity index (χ1v) is 15.1. The van der Waals surface area contributed by atoms with E-state index in [0.29, 0.717) is 21.4 Å². The number of halogens is 3. The van der Waals surface area contributed by atoms with Crippen molar-refractivity contribution in [3.63, 3.8) is 0 Å². The molecule has 0 atom stereocenters. The summed E-state index contributed by atoms with van der Waals surface area (Å²) in [5, 5.41) is 9.43. The Labute approximate surface area is 374 Å². The number of hydrogen-bond donors (Lipinski definition) is 1. The van der Waals surface area contributed by atoms with Crippen LogP contribution in [0.4, 0.5) is 4.39 Å². The number of methoxy groups -OCH3 is 2. The van der Waals surface area contributed by atoms with Gasteiger partial charge in [-0.05, 0) is 96.1 Å². The predicted octanol–water partition coefficient (Wildman–Crippen LogP) is 0.460. The van der Waals surface area contributed by atoms with Crippen molar-refractivity contribution < 1.29 is 157 Å². The molecule has 0 aliphatic rings. The van der Waals surface area contributed by atoms with Gasteiger partial charge in [-0.1, -0.05) is 0 Å². The van der Waals surface area contributed by atoms with E-state index in [-0.39, 0.29) is 140 Å². The molecule has 0 aliphatic heterocycles. The summed E-state index contributed by atoms with van der Waals surface area (Å²) in [5.74, 6) is 0.165. The molecule has 0 bridgehead atoms. The second-order valence-electron chi connectivity index (χ2n) is 9.15. The molecule has 240 valence electrons. The standard InChI is InChI=1S/C14H15BrO3S.C8H6BrFO2.C5H10O2S.CH2O3.2K.H/c1-14(2,3)18-13(16)12-6-8-5-9(15)10(17-4)7-11(8)19-12;1-12-8-3-7(10)5(4-11)2-6(8)9;1-4(2)7-5(6)3-8;2-1-4-3;;;/h5-7H,1-4H3;2-4H,1H3;4,8H,3H2,1-2H3;1,3H;;;/q;;;;2*+1;-1/p-1. The summed E-state index contributed by atoms with van der Waals surface area (Å²) in [6, 6.07) is 8.24. The van der Waals surface area contributed by atoms with Crippen LogP contribution in [0.2, 0.25) is 0 Å². The maximum atomic E-state index is 12.9. The van der Waals surface area contributed by atoms with Gasteiger partial charge in [-0.2, -0.15) is 12.6 Å². The van der Waals surface area contributed by atoms with E-state index in [2.05, 4.69) is 54.1 Å². The monoisotopic (exact) mass is 848 g/mol. The molecule has 1 aromatic heterocycles. The first-order chi connectivity index (χ1) is 20.1. The normalized spacial score (nSPS) is 9.62. The number of esters is 2. The zero-order valence-electron chi connectivity index (χ0n) is 27.4. The van der Waals surface area contributed by atoms with Crippen molar-refractivity contribution in [2.75, 3.05) is 20.0 Å². The number of thiol groups is 1. The second kappa shape index (κ2) is 26.4. The summed E-state index contributed by atoms with van der Waals surface area (Å²) >= 11 is 11.7. The number of rotatable bonds is 7. The Kier molecular flexibility index (Phi) is 29.3. The Bertz CT molecular complexity index is 1380. The first kappa shape index (κ1) is 49.9. The average Bonchev–Trinajstić information content (AvgIpc) is 3.36. The average molecular weight is 851 g/mol.